The van der Waals surface area contributed by atoms with E-state index in [1.807, 2.05) is 27.7 Å². The molecule has 0 saturated heterocycles. The Balaban J connectivity index is 0.00000143. The molecule has 7 aromatic carbocycles. The normalized spacial score (nSPS) is 14.6. The molecule has 0 saturated carbocycles. The van der Waals surface area contributed by atoms with Gasteiger partial charge in [0.15, 0.2) is 0 Å². The maximum atomic E-state index is 4.00. The summed E-state index contributed by atoms with van der Waals surface area (Å²) >= 11 is 0. The third-order valence-corrected chi connectivity index (χ3v) is 14.3. The fraction of sp³-hybridized carbons (Fsp3) is 0.333. The number of anilines is 4. The molecule has 9 rings (SSSR count). The summed E-state index contributed by atoms with van der Waals surface area (Å²) < 4.78 is 0. The molecule has 0 spiro atoms. The highest BCUT2D eigenvalue weighted by atomic mass is 15.2. The van der Waals surface area contributed by atoms with Crippen molar-refractivity contribution in [3.8, 4) is 35.1 Å². The van der Waals surface area contributed by atoms with Gasteiger partial charge in [-0.3, -0.25) is 0 Å². The highest BCUT2D eigenvalue weighted by Gasteiger charge is 2.32. The largest absolute Gasteiger partial charge is 0.314 e. The predicted octanol–water partition coefficient (Wildman–Crippen LogP) is 21.1. The second-order valence-corrected chi connectivity index (χ2v) is 22.3. The average molecular weight is 979 g/mol. The molecule has 384 valence electrons. The van der Waals surface area contributed by atoms with Gasteiger partial charge in [-0.2, -0.15) is 0 Å². The van der Waals surface area contributed by atoms with E-state index in [-0.39, 0.29) is 10.8 Å². The first-order valence-corrected chi connectivity index (χ1v) is 27.6. The lowest BCUT2D eigenvalue weighted by Crippen LogP contribution is -2.25. The van der Waals surface area contributed by atoms with Crippen molar-refractivity contribution in [1.82, 2.24) is 0 Å². The minimum Gasteiger partial charge on any atom is -0.314 e. The van der Waals surface area contributed by atoms with Crippen molar-refractivity contribution in [2.75, 3.05) is 9.80 Å². The molecule has 0 radical (unpaired) electrons. The second kappa shape index (κ2) is 24.9. The van der Waals surface area contributed by atoms with Gasteiger partial charge in [-0.25, -0.2) is 0 Å². The number of hydrogen-bond donors (Lipinski definition) is 0. The number of nitrogens with zero attached hydrogens (tertiary/aromatic N) is 2. The zero-order valence-corrected chi connectivity index (χ0v) is 47.9. The molecule has 0 aliphatic heterocycles. The van der Waals surface area contributed by atoms with Gasteiger partial charge in [-0.15, -0.1) is 12.8 Å². The topological polar surface area (TPSA) is 6.48 Å². The van der Waals surface area contributed by atoms with Crippen molar-refractivity contribution in [1.29, 1.82) is 0 Å². The Morgan fingerprint density at radius 1 is 0.622 bits per heavy atom. The average Bonchev–Trinajstić information content (AvgIpc) is 3.40. The number of hydrogen-bond acceptors (Lipinski definition) is 2. The molecule has 7 aromatic rings. The molecule has 2 aliphatic rings. The number of terminal acetylenes is 1. The Labute approximate surface area is 449 Å². The van der Waals surface area contributed by atoms with E-state index in [4.69, 9.17) is 0 Å². The van der Waals surface area contributed by atoms with Gasteiger partial charge in [-0.05, 0) is 163 Å². The van der Waals surface area contributed by atoms with Crippen LogP contribution in [0.1, 0.15) is 141 Å². The minimum atomic E-state index is 0.0798. The van der Waals surface area contributed by atoms with Gasteiger partial charge in [0.1, 0.15) is 0 Å². The van der Waals surface area contributed by atoms with Crippen LogP contribution < -0.4 is 9.80 Å². The van der Waals surface area contributed by atoms with Gasteiger partial charge in [0.25, 0.3) is 0 Å². The number of rotatable bonds is 11. The van der Waals surface area contributed by atoms with Gasteiger partial charge in [0.2, 0.25) is 0 Å². The number of para-hydroxylation sites is 2. The molecule has 1 atom stereocenters. The van der Waals surface area contributed by atoms with Crippen LogP contribution in [0.25, 0.3) is 38.6 Å². The quantitative estimate of drug-likeness (QED) is 0.119. The fourth-order valence-corrected chi connectivity index (χ4v) is 10.9. The Morgan fingerprint density at radius 2 is 1.19 bits per heavy atom. The van der Waals surface area contributed by atoms with Crippen LogP contribution in [0.5, 0.6) is 0 Å². The summed E-state index contributed by atoms with van der Waals surface area (Å²) in [5, 5.41) is 2.76. The van der Waals surface area contributed by atoms with Crippen LogP contribution >= 0.6 is 0 Å². The molecule has 74 heavy (non-hydrogen) atoms. The maximum Gasteiger partial charge on any atom is 0.0569 e. The summed E-state index contributed by atoms with van der Waals surface area (Å²) in [5.41, 5.74) is 23.9. The summed E-state index contributed by atoms with van der Waals surface area (Å²) in [5.74, 6) is 0.505. The van der Waals surface area contributed by atoms with Crippen LogP contribution in [-0.4, -0.2) is 0 Å². The first-order valence-electron chi connectivity index (χ1n) is 27.6. The zero-order valence-electron chi connectivity index (χ0n) is 47.9. The van der Waals surface area contributed by atoms with Crippen LogP contribution in [0.2, 0.25) is 0 Å². The standard InChI is InChI=1S/C66H72N2.2C2H6.C2H2/c1-44-28-33-53(34-29-44)67(63-46(3)20-18-26-57(63)49-22-14-12-15-23-49)48(5)55-38-39-56-52(43-66(9,10)11)42-60(59-37-32-51(61(55)62(56)59)40-41-65(6,7)8)68(54-35-30-45(2)31-36-54)64-47(4)21-19-27-58(64)50-24-16-13-17-25-50;3*1-2/h12-28,30-37,42,44H,29,38-41,43H2,1-11H3;2*1-2H3;1-2H/b55-48+;;;. The third-order valence-electron chi connectivity index (χ3n) is 14.3. The Kier molecular flexibility index (Phi) is 19.0. The van der Waals surface area contributed by atoms with Crippen LogP contribution in [0.15, 0.2) is 169 Å². The third kappa shape index (κ3) is 12.6. The van der Waals surface area contributed by atoms with E-state index in [9.17, 15) is 0 Å². The Bertz CT molecular complexity index is 3110. The van der Waals surface area contributed by atoms with Gasteiger partial charge >= 0.3 is 0 Å². The molecule has 0 aromatic heterocycles. The van der Waals surface area contributed by atoms with Gasteiger partial charge < -0.3 is 9.80 Å². The molecule has 2 aliphatic carbocycles. The maximum absolute atomic E-state index is 4.00. The molecule has 2 heteroatoms. The minimum absolute atomic E-state index is 0.0798. The van der Waals surface area contributed by atoms with Crippen LogP contribution in [0, 0.1) is 50.4 Å². The van der Waals surface area contributed by atoms with E-state index in [1.165, 1.54) is 112 Å². The van der Waals surface area contributed by atoms with E-state index in [2.05, 4.69) is 257 Å². The van der Waals surface area contributed by atoms with Gasteiger partial charge in [0.05, 0.1) is 17.1 Å². The van der Waals surface area contributed by atoms with Crippen molar-refractivity contribution in [2.24, 2.45) is 16.7 Å². The number of aryl methyl sites for hydroxylation is 5. The lowest BCUT2D eigenvalue weighted by Gasteiger charge is -2.37. The number of allylic oxidation sites excluding steroid dienone is 5. The molecule has 0 N–H and O–H groups in total. The number of benzene rings is 7. The van der Waals surface area contributed by atoms with Crippen molar-refractivity contribution in [3.63, 3.8) is 0 Å². The SMILES string of the molecule is C#C.C/C(=C1/CCc2c(CC(C)(C)C)cc(N(c3ccc(C)cc3)c3c(C)cccc3-c3ccccc3)c3ccc(CCC(C)(C)C)c1c23)N(C1=CCC(C)C=C1)c1c(C)cccc1-c1ccccc1.CC.CC. The molecule has 0 fully saturated rings. The van der Waals surface area contributed by atoms with E-state index in [0.717, 1.165) is 38.5 Å². The first kappa shape index (κ1) is 56.5. The van der Waals surface area contributed by atoms with Crippen molar-refractivity contribution >= 4 is 39.1 Å². The summed E-state index contributed by atoms with van der Waals surface area (Å²) in [7, 11) is 0. The monoisotopic (exact) mass is 979 g/mol. The van der Waals surface area contributed by atoms with E-state index >= 15 is 0 Å². The zero-order chi connectivity index (χ0) is 53.9. The van der Waals surface area contributed by atoms with E-state index in [0.29, 0.717) is 5.92 Å². The van der Waals surface area contributed by atoms with Gasteiger partial charge in [0, 0.05) is 33.6 Å². The molecule has 0 heterocycles. The first-order chi connectivity index (χ1) is 35.6. The van der Waals surface area contributed by atoms with Crippen LogP contribution in [-0.2, 0) is 19.3 Å². The summed E-state index contributed by atoms with van der Waals surface area (Å²) in [6.45, 7) is 34.0. The molecule has 0 amide bonds. The van der Waals surface area contributed by atoms with E-state index < -0.39 is 0 Å². The van der Waals surface area contributed by atoms with Crippen molar-refractivity contribution in [3.05, 3.63) is 208 Å². The van der Waals surface area contributed by atoms with Crippen molar-refractivity contribution < 1.29 is 0 Å². The lowest BCUT2D eigenvalue weighted by molar-refractivity contribution is 0.378. The molecule has 0 bridgehead atoms. The summed E-state index contributed by atoms with van der Waals surface area (Å²) in [4.78, 5) is 5.25. The van der Waals surface area contributed by atoms with E-state index in [1.54, 1.807) is 0 Å². The second-order valence-electron chi connectivity index (χ2n) is 22.3. The lowest BCUT2D eigenvalue weighted by atomic mass is 9.75. The predicted molar refractivity (Wildman–Crippen MR) is 328 cm³/mol. The summed E-state index contributed by atoms with van der Waals surface area (Å²) in [6, 6.07) is 52.5. The molecule has 2 nitrogen and oxygen atoms in total. The molecule has 1 unspecified atom stereocenters. The summed E-state index contributed by atoms with van der Waals surface area (Å²) in [6.07, 6.45) is 21.4. The smallest absolute Gasteiger partial charge is 0.0569 e. The Morgan fingerprint density at radius 3 is 1.73 bits per heavy atom. The molecular weight excluding hydrogens is 893 g/mol. The molecular formula is C72H86N2. The van der Waals surface area contributed by atoms with Gasteiger partial charge in [-0.1, -0.05) is 215 Å². The van der Waals surface area contributed by atoms with Crippen LogP contribution in [0.3, 0.4) is 0 Å². The van der Waals surface area contributed by atoms with Crippen LogP contribution in [0.4, 0.5) is 22.7 Å². The van der Waals surface area contributed by atoms with Crippen molar-refractivity contribution in [2.45, 2.75) is 142 Å². The Hall–Kier alpha value is -6.82. The highest BCUT2D eigenvalue weighted by Crippen LogP contribution is 2.52. The fourth-order valence-electron chi connectivity index (χ4n) is 10.9. The highest BCUT2D eigenvalue weighted by molar-refractivity contribution is 6.09.